The molecule has 0 aromatic heterocycles. The van der Waals surface area contributed by atoms with Crippen molar-refractivity contribution in [1.82, 2.24) is 0 Å². The maximum absolute atomic E-state index is 11.8. The van der Waals surface area contributed by atoms with Gasteiger partial charge in [0.15, 0.2) is 5.78 Å². The maximum atomic E-state index is 11.8. The van der Waals surface area contributed by atoms with E-state index >= 15 is 0 Å². The molecule has 0 N–H and O–H groups in total. The first-order valence-corrected chi connectivity index (χ1v) is 5.36. The van der Waals surface area contributed by atoms with Gasteiger partial charge in [0, 0.05) is 16.2 Å². The van der Waals surface area contributed by atoms with E-state index in [1.54, 1.807) is 0 Å². The summed E-state index contributed by atoms with van der Waals surface area (Å²) >= 11 is 3.64. The van der Waals surface area contributed by atoms with Crippen LogP contribution in [-0.4, -0.2) is 10.6 Å². The Morgan fingerprint density at radius 3 is 2.83 bits per heavy atom. The summed E-state index contributed by atoms with van der Waals surface area (Å²) in [5.74, 6) is 0.711. The second kappa shape index (κ2) is 2.44. The molecule has 3 atom stereocenters. The zero-order valence-electron chi connectivity index (χ0n) is 7.27. The molecule has 0 spiro atoms. The van der Waals surface area contributed by atoms with Crippen molar-refractivity contribution in [3.05, 3.63) is 12.2 Å². The summed E-state index contributed by atoms with van der Waals surface area (Å²) < 4.78 is 0. The minimum absolute atomic E-state index is 0.139. The molecular formula is C10H13BrO. The normalized spacial score (nSPS) is 46.8. The molecule has 0 aliphatic heterocycles. The van der Waals surface area contributed by atoms with Crippen LogP contribution in [0.4, 0.5) is 0 Å². The van der Waals surface area contributed by atoms with Crippen LogP contribution in [0.2, 0.25) is 0 Å². The summed E-state index contributed by atoms with van der Waals surface area (Å²) in [5, 5.41) is 0. The predicted octanol–water partition coefficient (Wildman–Crippen LogP) is 2.70. The number of Topliss-reactive ketones (excluding diaryl/α,β-unsaturated/α-hetero) is 1. The molecule has 2 fully saturated rings. The van der Waals surface area contributed by atoms with Crippen LogP contribution in [0.5, 0.6) is 0 Å². The summed E-state index contributed by atoms with van der Waals surface area (Å²) in [4.78, 5) is 12.1. The van der Waals surface area contributed by atoms with E-state index in [2.05, 4.69) is 29.4 Å². The summed E-state index contributed by atoms with van der Waals surface area (Å²) in [7, 11) is 0. The van der Waals surface area contributed by atoms with Crippen LogP contribution >= 0.6 is 15.9 Å². The second-order valence-electron chi connectivity index (χ2n) is 4.17. The van der Waals surface area contributed by atoms with E-state index in [1.165, 1.54) is 6.42 Å². The minimum atomic E-state index is -0.139. The van der Waals surface area contributed by atoms with E-state index in [1.807, 2.05) is 0 Å². The van der Waals surface area contributed by atoms with E-state index in [0.717, 1.165) is 18.4 Å². The summed E-state index contributed by atoms with van der Waals surface area (Å²) in [6.45, 7) is 5.96. The number of ketones is 1. The van der Waals surface area contributed by atoms with E-state index < -0.39 is 0 Å². The van der Waals surface area contributed by atoms with Gasteiger partial charge in [-0.25, -0.2) is 0 Å². The van der Waals surface area contributed by atoms with Gasteiger partial charge in [0.1, 0.15) is 0 Å². The van der Waals surface area contributed by atoms with Crippen LogP contribution < -0.4 is 0 Å². The number of hydrogen-bond donors (Lipinski definition) is 0. The van der Waals surface area contributed by atoms with Gasteiger partial charge in [0.2, 0.25) is 0 Å². The van der Waals surface area contributed by atoms with Crippen molar-refractivity contribution in [2.24, 2.45) is 11.3 Å². The van der Waals surface area contributed by atoms with Gasteiger partial charge in [0.05, 0.1) is 0 Å². The first kappa shape index (κ1) is 8.49. The SMILES string of the molecule is C=C1C(=O)C2(C)CCCC1C2Br. The number of carbonyl (C=O) groups is 1. The average molecular weight is 229 g/mol. The monoisotopic (exact) mass is 228 g/mol. The quantitative estimate of drug-likeness (QED) is 0.461. The predicted molar refractivity (Wildman–Crippen MR) is 52.3 cm³/mol. The number of hydrogen-bond acceptors (Lipinski definition) is 1. The van der Waals surface area contributed by atoms with Crippen molar-refractivity contribution >= 4 is 21.7 Å². The summed E-state index contributed by atoms with van der Waals surface area (Å²) in [6.07, 6.45) is 3.33. The minimum Gasteiger partial charge on any atom is -0.294 e. The lowest BCUT2D eigenvalue weighted by Gasteiger charge is -2.32. The Hall–Kier alpha value is -0.110. The molecule has 0 heterocycles. The molecule has 2 aliphatic rings. The van der Waals surface area contributed by atoms with Crippen LogP contribution in [-0.2, 0) is 4.79 Å². The van der Waals surface area contributed by atoms with Gasteiger partial charge in [0.25, 0.3) is 0 Å². The number of fused-ring (bicyclic) bond motifs is 2. The highest BCUT2D eigenvalue weighted by molar-refractivity contribution is 9.09. The van der Waals surface area contributed by atoms with E-state index in [4.69, 9.17) is 0 Å². The molecular weight excluding hydrogens is 216 g/mol. The van der Waals surface area contributed by atoms with E-state index in [0.29, 0.717) is 16.5 Å². The van der Waals surface area contributed by atoms with E-state index in [-0.39, 0.29) is 5.41 Å². The average Bonchev–Trinajstić information content (AvgIpc) is 2.20. The van der Waals surface area contributed by atoms with Gasteiger partial charge in [-0.1, -0.05) is 35.9 Å². The molecule has 1 nitrogen and oxygen atoms in total. The summed E-state index contributed by atoms with van der Waals surface area (Å²) in [6, 6.07) is 0. The fourth-order valence-corrected chi connectivity index (χ4v) is 3.56. The molecule has 2 heteroatoms. The van der Waals surface area contributed by atoms with Crippen molar-refractivity contribution in [1.29, 1.82) is 0 Å². The highest BCUT2D eigenvalue weighted by Gasteiger charge is 2.54. The number of rotatable bonds is 0. The first-order valence-electron chi connectivity index (χ1n) is 4.45. The molecule has 0 aromatic carbocycles. The molecule has 2 rings (SSSR count). The van der Waals surface area contributed by atoms with Gasteiger partial charge in [-0.15, -0.1) is 0 Å². The lowest BCUT2D eigenvalue weighted by Crippen LogP contribution is -2.33. The molecule has 3 unspecified atom stereocenters. The van der Waals surface area contributed by atoms with Gasteiger partial charge in [-0.05, 0) is 18.4 Å². The molecule has 2 aliphatic carbocycles. The van der Waals surface area contributed by atoms with Crippen molar-refractivity contribution in [3.8, 4) is 0 Å². The Kier molecular flexibility index (Phi) is 1.73. The van der Waals surface area contributed by atoms with Crippen LogP contribution in [0.1, 0.15) is 26.2 Å². The Morgan fingerprint density at radius 2 is 2.33 bits per heavy atom. The molecule has 66 valence electrons. The van der Waals surface area contributed by atoms with Crippen LogP contribution in [0.25, 0.3) is 0 Å². The molecule has 0 saturated heterocycles. The lowest BCUT2D eigenvalue weighted by atomic mass is 9.77. The van der Waals surface area contributed by atoms with Crippen molar-refractivity contribution in [2.45, 2.75) is 31.0 Å². The van der Waals surface area contributed by atoms with Gasteiger partial charge < -0.3 is 0 Å². The van der Waals surface area contributed by atoms with Crippen LogP contribution in [0.15, 0.2) is 12.2 Å². The molecule has 12 heavy (non-hydrogen) atoms. The largest absolute Gasteiger partial charge is 0.294 e. The van der Waals surface area contributed by atoms with Crippen molar-refractivity contribution in [3.63, 3.8) is 0 Å². The molecule has 0 aromatic rings. The smallest absolute Gasteiger partial charge is 0.165 e. The number of halogens is 1. The van der Waals surface area contributed by atoms with Crippen molar-refractivity contribution < 1.29 is 4.79 Å². The topological polar surface area (TPSA) is 17.1 Å². The third-order valence-corrected chi connectivity index (χ3v) is 5.08. The lowest BCUT2D eigenvalue weighted by molar-refractivity contribution is -0.122. The van der Waals surface area contributed by atoms with Gasteiger partial charge >= 0.3 is 0 Å². The van der Waals surface area contributed by atoms with Gasteiger partial charge in [-0.3, -0.25) is 4.79 Å². The first-order chi connectivity index (χ1) is 5.57. The number of allylic oxidation sites excluding steroid dienone is 1. The maximum Gasteiger partial charge on any atom is 0.165 e. The molecule has 0 radical (unpaired) electrons. The Labute approximate surface area is 81.4 Å². The molecule has 2 bridgehead atoms. The van der Waals surface area contributed by atoms with Crippen LogP contribution in [0.3, 0.4) is 0 Å². The third-order valence-electron chi connectivity index (χ3n) is 3.43. The Bertz CT molecular complexity index is 259. The zero-order valence-corrected chi connectivity index (χ0v) is 8.86. The summed E-state index contributed by atoms with van der Waals surface area (Å²) in [5.41, 5.74) is 0.719. The Morgan fingerprint density at radius 1 is 1.67 bits per heavy atom. The molecule has 2 saturated carbocycles. The molecule has 0 amide bonds. The number of carbonyl (C=O) groups excluding carboxylic acids is 1. The second-order valence-corrected chi connectivity index (χ2v) is 5.16. The highest BCUT2D eigenvalue weighted by atomic mass is 79.9. The third kappa shape index (κ3) is 0.819. The number of alkyl halides is 1. The fourth-order valence-electron chi connectivity index (χ4n) is 2.54. The Balaban J connectivity index is 2.46. The highest BCUT2D eigenvalue weighted by Crippen LogP contribution is 2.54. The van der Waals surface area contributed by atoms with Crippen molar-refractivity contribution in [2.75, 3.05) is 0 Å². The fraction of sp³-hybridized carbons (Fsp3) is 0.700. The standard InChI is InChI=1S/C10H13BrO/c1-6-7-4-3-5-10(2,8(7)11)9(6)12/h7-8H,1,3-5H2,2H3. The van der Waals surface area contributed by atoms with Gasteiger partial charge in [-0.2, -0.15) is 0 Å². The zero-order chi connectivity index (χ0) is 8.93. The van der Waals surface area contributed by atoms with E-state index in [9.17, 15) is 4.79 Å². The van der Waals surface area contributed by atoms with Crippen LogP contribution in [0, 0.1) is 11.3 Å².